The normalized spacial score (nSPS) is 13.2. The third-order valence-corrected chi connectivity index (χ3v) is 3.51. The summed E-state index contributed by atoms with van der Waals surface area (Å²) in [5.41, 5.74) is 0. The Hall–Kier alpha value is -0.570. The highest BCUT2D eigenvalue weighted by Crippen LogP contribution is 2.14. The summed E-state index contributed by atoms with van der Waals surface area (Å²) in [4.78, 5) is 13.0. The first-order chi connectivity index (χ1) is 8.49. The maximum absolute atomic E-state index is 10.5. The standard InChI is InChI=1S/C15H31NO2/c1-5-6-7-8-10-14(4)16(13(2)3)12-9-11-15(17)18/h13-14H,5-12H2,1-4H3,(H,17,18). The van der Waals surface area contributed by atoms with Crippen LogP contribution in [0.2, 0.25) is 0 Å². The number of hydrogen-bond acceptors (Lipinski definition) is 2. The lowest BCUT2D eigenvalue weighted by atomic mass is 10.1. The third kappa shape index (κ3) is 8.51. The average molecular weight is 257 g/mol. The molecule has 18 heavy (non-hydrogen) atoms. The lowest BCUT2D eigenvalue weighted by Gasteiger charge is -2.32. The number of aliphatic carboxylic acids is 1. The predicted molar refractivity (Wildman–Crippen MR) is 76.9 cm³/mol. The van der Waals surface area contributed by atoms with Gasteiger partial charge in [0.05, 0.1) is 0 Å². The molecule has 0 saturated carbocycles. The molecular weight excluding hydrogens is 226 g/mol. The summed E-state index contributed by atoms with van der Waals surface area (Å²) < 4.78 is 0. The Morgan fingerprint density at radius 3 is 2.28 bits per heavy atom. The number of rotatable bonds is 11. The van der Waals surface area contributed by atoms with Gasteiger partial charge in [-0.2, -0.15) is 0 Å². The van der Waals surface area contributed by atoms with Crippen LogP contribution in [0.4, 0.5) is 0 Å². The third-order valence-electron chi connectivity index (χ3n) is 3.51. The Morgan fingerprint density at radius 2 is 1.78 bits per heavy atom. The number of carbonyl (C=O) groups is 1. The number of carboxylic acid groups (broad SMARTS) is 1. The minimum absolute atomic E-state index is 0.284. The maximum atomic E-state index is 10.5. The largest absolute Gasteiger partial charge is 0.481 e. The zero-order valence-corrected chi connectivity index (χ0v) is 12.6. The lowest BCUT2D eigenvalue weighted by molar-refractivity contribution is -0.137. The number of nitrogens with zero attached hydrogens (tertiary/aromatic N) is 1. The highest BCUT2D eigenvalue weighted by Gasteiger charge is 2.16. The molecule has 0 aromatic carbocycles. The van der Waals surface area contributed by atoms with Crippen molar-refractivity contribution >= 4 is 5.97 Å². The van der Waals surface area contributed by atoms with Crippen molar-refractivity contribution in [2.75, 3.05) is 6.54 Å². The van der Waals surface area contributed by atoms with E-state index in [1.807, 2.05) is 0 Å². The Kier molecular flexibility index (Phi) is 10.0. The topological polar surface area (TPSA) is 40.5 Å². The molecule has 1 atom stereocenters. The first-order valence-electron chi connectivity index (χ1n) is 7.46. The zero-order chi connectivity index (χ0) is 14.0. The van der Waals surface area contributed by atoms with Gasteiger partial charge in [-0.05, 0) is 40.2 Å². The molecule has 0 bridgehead atoms. The van der Waals surface area contributed by atoms with Gasteiger partial charge in [-0.1, -0.05) is 32.6 Å². The van der Waals surface area contributed by atoms with Gasteiger partial charge in [-0.15, -0.1) is 0 Å². The van der Waals surface area contributed by atoms with E-state index in [4.69, 9.17) is 5.11 Å². The fourth-order valence-corrected chi connectivity index (χ4v) is 2.43. The minimum atomic E-state index is -0.686. The molecule has 1 unspecified atom stereocenters. The molecule has 108 valence electrons. The van der Waals surface area contributed by atoms with Crippen molar-refractivity contribution in [1.29, 1.82) is 0 Å². The molecule has 0 amide bonds. The Morgan fingerprint density at radius 1 is 1.11 bits per heavy atom. The number of hydrogen-bond donors (Lipinski definition) is 1. The van der Waals surface area contributed by atoms with Gasteiger partial charge in [0, 0.05) is 18.5 Å². The maximum Gasteiger partial charge on any atom is 0.303 e. The van der Waals surface area contributed by atoms with Crippen LogP contribution in [0.5, 0.6) is 0 Å². The van der Waals surface area contributed by atoms with Gasteiger partial charge in [-0.25, -0.2) is 0 Å². The molecular formula is C15H31NO2. The van der Waals surface area contributed by atoms with E-state index < -0.39 is 5.97 Å². The fourth-order valence-electron chi connectivity index (χ4n) is 2.43. The van der Waals surface area contributed by atoms with E-state index in [9.17, 15) is 4.79 Å². The van der Waals surface area contributed by atoms with E-state index >= 15 is 0 Å². The molecule has 0 saturated heterocycles. The van der Waals surface area contributed by atoms with Crippen LogP contribution >= 0.6 is 0 Å². The Bertz CT molecular complexity index is 217. The van der Waals surface area contributed by atoms with Crippen LogP contribution in [-0.4, -0.2) is 34.6 Å². The zero-order valence-electron chi connectivity index (χ0n) is 12.6. The lowest BCUT2D eigenvalue weighted by Crippen LogP contribution is -2.39. The fraction of sp³-hybridized carbons (Fsp3) is 0.933. The summed E-state index contributed by atoms with van der Waals surface area (Å²) in [6, 6.07) is 1.07. The molecule has 0 aliphatic heterocycles. The number of unbranched alkanes of at least 4 members (excludes halogenated alkanes) is 3. The van der Waals surface area contributed by atoms with Gasteiger partial charge in [0.25, 0.3) is 0 Å². The monoisotopic (exact) mass is 257 g/mol. The van der Waals surface area contributed by atoms with E-state index in [1.54, 1.807) is 0 Å². The van der Waals surface area contributed by atoms with Crippen LogP contribution in [0.1, 0.15) is 72.6 Å². The van der Waals surface area contributed by atoms with Crippen LogP contribution in [0.25, 0.3) is 0 Å². The number of carboxylic acids is 1. The van der Waals surface area contributed by atoms with Crippen LogP contribution in [0.15, 0.2) is 0 Å². The second kappa shape index (κ2) is 10.4. The second-order valence-corrected chi connectivity index (χ2v) is 5.53. The van der Waals surface area contributed by atoms with Crippen molar-refractivity contribution < 1.29 is 9.90 Å². The van der Waals surface area contributed by atoms with E-state index in [1.165, 1.54) is 32.1 Å². The van der Waals surface area contributed by atoms with Crippen molar-refractivity contribution in [3.05, 3.63) is 0 Å². The molecule has 0 aliphatic rings. The van der Waals surface area contributed by atoms with E-state index in [0.29, 0.717) is 12.1 Å². The van der Waals surface area contributed by atoms with Gasteiger partial charge < -0.3 is 5.11 Å². The van der Waals surface area contributed by atoms with Crippen molar-refractivity contribution in [1.82, 2.24) is 4.90 Å². The highest BCUT2D eigenvalue weighted by atomic mass is 16.4. The SMILES string of the molecule is CCCCCCC(C)N(CCCC(=O)O)C(C)C. The van der Waals surface area contributed by atoms with Crippen LogP contribution in [-0.2, 0) is 4.79 Å². The summed E-state index contributed by atoms with van der Waals surface area (Å²) >= 11 is 0. The summed E-state index contributed by atoms with van der Waals surface area (Å²) in [6.45, 7) is 9.80. The highest BCUT2D eigenvalue weighted by molar-refractivity contribution is 5.66. The van der Waals surface area contributed by atoms with E-state index in [-0.39, 0.29) is 6.42 Å². The molecule has 1 N–H and O–H groups in total. The molecule has 0 fully saturated rings. The molecule has 0 rings (SSSR count). The van der Waals surface area contributed by atoms with Crippen LogP contribution in [0, 0.1) is 0 Å². The summed E-state index contributed by atoms with van der Waals surface area (Å²) in [5.74, 6) is -0.686. The first kappa shape index (κ1) is 17.4. The molecule has 0 aliphatic carbocycles. The van der Waals surface area contributed by atoms with Crippen LogP contribution < -0.4 is 0 Å². The van der Waals surface area contributed by atoms with E-state index in [2.05, 4.69) is 32.6 Å². The summed E-state index contributed by atoms with van der Waals surface area (Å²) in [5, 5.41) is 8.69. The summed E-state index contributed by atoms with van der Waals surface area (Å²) in [7, 11) is 0. The average Bonchev–Trinajstić information content (AvgIpc) is 2.29. The van der Waals surface area contributed by atoms with Crippen molar-refractivity contribution in [3.8, 4) is 0 Å². The molecule has 3 nitrogen and oxygen atoms in total. The van der Waals surface area contributed by atoms with E-state index in [0.717, 1.165) is 13.0 Å². The van der Waals surface area contributed by atoms with Gasteiger partial charge in [0.2, 0.25) is 0 Å². The molecule has 0 aromatic rings. The Labute approximate surface area is 113 Å². The quantitative estimate of drug-likeness (QED) is 0.570. The molecule has 0 spiro atoms. The van der Waals surface area contributed by atoms with Crippen molar-refractivity contribution in [2.24, 2.45) is 0 Å². The first-order valence-corrected chi connectivity index (χ1v) is 7.46. The molecule has 0 aromatic heterocycles. The smallest absolute Gasteiger partial charge is 0.303 e. The van der Waals surface area contributed by atoms with Gasteiger partial charge >= 0.3 is 5.97 Å². The Balaban J connectivity index is 3.95. The van der Waals surface area contributed by atoms with Gasteiger partial charge in [0.15, 0.2) is 0 Å². The molecule has 0 radical (unpaired) electrons. The predicted octanol–water partition coefficient (Wildman–Crippen LogP) is 3.92. The second-order valence-electron chi connectivity index (χ2n) is 5.53. The van der Waals surface area contributed by atoms with Crippen molar-refractivity contribution in [3.63, 3.8) is 0 Å². The molecule has 3 heteroatoms. The molecule has 0 heterocycles. The van der Waals surface area contributed by atoms with Crippen molar-refractivity contribution in [2.45, 2.75) is 84.7 Å². The van der Waals surface area contributed by atoms with Gasteiger partial charge in [-0.3, -0.25) is 9.69 Å². The van der Waals surface area contributed by atoms with Crippen LogP contribution in [0.3, 0.4) is 0 Å². The minimum Gasteiger partial charge on any atom is -0.481 e. The summed E-state index contributed by atoms with van der Waals surface area (Å²) in [6.07, 6.45) is 7.48. The van der Waals surface area contributed by atoms with Gasteiger partial charge in [0.1, 0.15) is 0 Å².